The Labute approximate surface area is 171 Å². The van der Waals surface area contributed by atoms with Crippen molar-refractivity contribution in [2.24, 2.45) is 4.99 Å². The van der Waals surface area contributed by atoms with Crippen LogP contribution in [0.2, 0.25) is 0 Å². The molecule has 0 unspecified atom stereocenters. The average molecular weight is 393 g/mol. The molecule has 29 heavy (non-hydrogen) atoms. The molecule has 2 aromatic heterocycles. The summed E-state index contributed by atoms with van der Waals surface area (Å²) in [6.07, 6.45) is 5.88. The van der Waals surface area contributed by atoms with Crippen LogP contribution in [0, 0.1) is 0 Å². The minimum Gasteiger partial charge on any atom is -0.497 e. The Bertz CT molecular complexity index is 875. The number of hydrogen-bond acceptors (Lipinski definition) is 4. The number of benzene rings is 1. The van der Waals surface area contributed by atoms with E-state index in [1.807, 2.05) is 60.9 Å². The van der Waals surface area contributed by atoms with E-state index in [2.05, 4.69) is 32.1 Å². The van der Waals surface area contributed by atoms with E-state index in [-0.39, 0.29) is 0 Å². The van der Waals surface area contributed by atoms with E-state index in [0.717, 1.165) is 36.9 Å². The fraction of sp³-hybridized carbons (Fsp3) is 0.273. The predicted molar refractivity (Wildman–Crippen MR) is 115 cm³/mol. The first-order valence-corrected chi connectivity index (χ1v) is 9.66. The van der Waals surface area contributed by atoms with Gasteiger partial charge in [0.05, 0.1) is 13.7 Å². The summed E-state index contributed by atoms with van der Waals surface area (Å²) in [6, 6.07) is 15.3. The lowest BCUT2D eigenvalue weighted by Gasteiger charge is -2.12. The lowest BCUT2D eigenvalue weighted by Crippen LogP contribution is -2.38. The fourth-order valence-electron chi connectivity index (χ4n) is 2.66. The summed E-state index contributed by atoms with van der Waals surface area (Å²) in [5.41, 5.74) is 1.01. The monoisotopic (exact) mass is 393 g/mol. The number of hydrogen-bond donors (Lipinski definition) is 2. The van der Waals surface area contributed by atoms with Crippen LogP contribution in [0.5, 0.6) is 17.4 Å². The standard InChI is InChI=1S/C22H27N5O2/c1-3-23-22(24-12-15-27-13-4-5-14-27)26-17-18-6-11-21(25-16-18)29-20-9-7-19(28-2)8-10-20/h4-11,13-14,16H,3,12,15,17H2,1-2H3,(H2,23,24,26). The van der Waals surface area contributed by atoms with Crippen molar-refractivity contribution in [3.63, 3.8) is 0 Å². The maximum Gasteiger partial charge on any atom is 0.219 e. The number of ether oxygens (including phenoxy) is 2. The minimum absolute atomic E-state index is 0.536. The maximum atomic E-state index is 5.76. The second-order valence-electron chi connectivity index (χ2n) is 6.33. The number of nitrogens with one attached hydrogen (secondary N) is 2. The Morgan fingerprint density at radius 1 is 1.03 bits per heavy atom. The number of pyridine rings is 1. The number of methoxy groups -OCH3 is 1. The van der Waals surface area contributed by atoms with E-state index in [1.165, 1.54) is 0 Å². The Hall–Kier alpha value is -3.48. The Morgan fingerprint density at radius 2 is 1.79 bits per heavy atom. The molecule has 0 atom stereocenters. The van der Waals surface area contributed by atoms with Crippen LogP contribution >= 0.6 is 0 Å². The summed E-state index contributed by atoms with van der Waals surface area (Å²) >= 11 is 0. The van der Waals surface area contributed by atoms with Gasteiger partial charge in [0.2, 0.25) is 5.88 Å². The minimum atomic E-state index is 0.536. The summed E-state index contributed by atoms with van der Waals surface area (Å²) < 4.78 is 13.0. The zero-order valence-electron chi connectivity index (χ0n) is 16.8. The van der Waals surface area contributed by atoms with E-state index in [9.17, 15) is 0 Å². The van der Waals surface area contributed by atoms with Crippen LogP contribution < -0.4 is 20.1 Å². The van der Waals surface area contributed by atoms with Crippen molar-refractivity contribution in [3.05, 3.63) is 72.7 Å². The van der Waals surface area contributed by atoms with E-state index in [1.54, 1.807) is 13.3 Å². The van der Waals surface area contributed by atoms with Crippen molar-refractivity contribution >= 4 is 5.96 Å². The van der Waals surface area contributed by atoms with Crippen molar-refractivity contribution in [2.75, 3.05) is 20.2 Å². The normalized spacial score (nSPS) is 11.2. The molecule has 0 spiro atoms. The molecule has 0 amide bonds. The van der Waals surface area contributed by atoms with Crippen LogP contribution in [-0.2, 0) is 13.1 Å². The van der Waals surface area contributed by atoms with E-state index >= 15 is 0 Å². The van der Waals surface area contributed by atoms with Crippen molar-refractivity contribution < 1.29 is 9.47 Å². The van der Waals surface area contributed by atoms with Crippen LogP contribution in [-0.4, -0.2) is 35.7 Å². The van der Waals surface area contributed by atoms with Crippen molar-refractivity contribution in [1.82, 2.24) is 20.2 Å². The molecule has 3 aromatic rings. The summed E-state index contributed by atoms with van der Waals surface area (Å²) in [5.74, 6) is 2.83. The zero-order chi connectivity index (χ0) is 20.3. The number of guanidine groups is 1. The van der Waals surface area contributed by atoms with Crippen LogP contribution in [0.1, 0.15) is 12.5 Å². The summed E-state index contributed by atoms with van der Waals surface area (Å²) in [4.78, 5) is 9.00. The van der Waals surface area contributed by atoms with Gasteiger partial charge in [-0.1, -0.05) is 6.07 Å². The van der Waals surface area contributed by atoms with Crippen LogP contribution in [0.4, 0.5) is 0 Å². The molecule has 0 fully saturated rings. The third kappa shape index (κ3) is 6.57. The van der Waals surface area contributed by atoms with E-state index in [0.29, 0.717) is 18.2 Å². The third-order valence-electron chi connectivity index (χ3n) is 4.17. The van der Waals surface area contributed by atoms with Crippen LogP contribution in [0.3, 0.4) is 0 Å². The first-order valence-electron chi connectivity index (χ1n) is 9.66. The first-order chi connectivity index (χ1) is 14.3. The molecule has 2 heterocycles. The topological polar surface area (TPSA) is 72.7 Å². The lowest BCUT2D eigenvalue weighted by atomic mass is 10.3. The number of aromatic nitrogens is 2. The van der Waals surface area contributed by atoms with Gasteiger partial charge in [-0.25, -0.2) is 9.98 Å². The van der Waals surface area contributed by atoms with Crippen molar-refractivity contribution in [2.45, 2.75) is 20.0 Å². The van der Waals surface area contributed by atoms with Gasteiger partial charge < -0.3 is 24.7 Å². The van der Waals surface area contributed by atoms with E-state index < -0.39 is 0 Å². The van der Waals surface area contributed by atoms with Gasteiger partial charge in [-0.15, -0.1) is 0 Å². The molecule has 0 bridgehead atoms. The average Bonchev–Trinajstić information content (AvgIpc) is 3.27. The highest BCUT2D eigenvalue weighted by Crippen LogP contribution is 2.22. The molecular weight excluding hydrogens is 366 g/mol. The van der Waals surface area contributed by atoms with Gasteiger partial charge in [-0.3, -0.25) is 0 Å². The molecule has 7 heteroatoms. The second-order valence-corrected chi connectivity index (χ2v) is 6.33. The Morgan fingerprint density at radius 3 is 2.45 bits per heavy atom. The highest BCUT2D eigenvalue weighted by Gasteiger charge is 2.02. The van der Waals surface area contributed by atoms with Gasteiger partial charge >= 0.3 is 0 Å². The van der Waals surface area contributed by atoms with Gasteiger partial charge in [-0.2, -0.15) is 0 Å². The lowest BCUT2D eigenvalue weighted by molar-refractivity contribution is 0.412. The van der Waals surface area contributed by atoms with Crippen LogP contribution in [0.15, 0.2) is 72.1 Å². The Balaban J connectivity index is 1.52. The molecule has 3 rings (SSSR count). The van der Waals surface area contributed by atoms with Gasteiger partial charge in [0, 0.05) is 44.3 Å². The van der Waals surface area contributed by atoms with Crippen molar-refractivity contribution in [3.8, 4) is 17.4 Å². The van der Waals surface area contributed by atoms with E-state index in [4.69, 9.17) is 9.47 Å². The van der Waals surface area contributed by atoms with Gasteiger partial charge in [0.25, 0.3) is 0 Å². The molecule has 0 saturated heterocycles. The van der Waals surface area contributed by atoms with Gasteiger partial charge in [0.1, 0.15) is 11.5 Å². The fourth-order valence-corrected chi connectivity index (χ4v) is 2.66. The smallest absolute Gasteiger partial charge is 0.219 e. The van der Waals surface area contributed by atoms with Gasteiger partial charge in [0.15, 0.2) is 5.96 Å². The summed E-state index contributed by atoms with van der Waals surface area (Å²) in [5, 5.41) is 6.61. The summed E-state index contributed by atoms with van der Waals surface area (Å²) in [6.45, 7) is 5.08. The largest absolute Gasteiger partial charge is 0.497 e. The molecule has 1 aromatic carbocycles. The van der Waals surface area contributed by atoms with Crippen molar-refractivity contribution in [1.29, 1.82) is 0 Å². The maximum absolute atomic E-state index is 5.76. The molecule has 0 radical (unpaired) electrons. The molecular formula is C22H27N5O2. The molecule has 2 N–H and O–H groups in total. The SMILES string of the molecule is CCNC(=NCc1ccc(Oc2ccc(OC)cc2)nc1)NCCn1cccc1. The second kappa shape index (κ2) is 10.8. The number of nitrogens with zero attached hydrogens (tertiary/aromatic N) is 3. The number of aliphatic imine (C=N–C) groups is 1. The first kappa shape index (κ1) is 20.3. The quantitative estimate of drug-likeness (QED) is 0.430. The molecule has 7 nitrogen and oxygen atoms in total. The third-order valence-corrected chi connectivity index (χ3v) is 4.17. The van der Waals surface area contributed by atoms with Crippen LogP contribution in [0.25, 0.3) is 0 Å². The molecule has 0 saturated carbocycles. The number of rotatable bonds is 9. The highest BCUT2D eigenvalue weighted by molar-refractivity contribution is 5.79. The summed E-state index contributed by atoms with van der Waals surface area (Å²) in [7, 11) is 1.64. The zero-order valence-corrected chi connectivity index (χ0v) is 16.8. The molecule has 0 aliphatic carbocycles. The molecule has 0 aliphatic rings. The predicted octanol–water partition coefficient (Wildman–Crippen LogP) is 3.44. The van der Waals surface area contributed by atoms with Gasteiger partial charge in [-0.05, 0) is 48.9 Å². The molecule has 152 valence electrons. The molecule has 0 aliphatic heterocycles. The Kier molecular flexibility index (Phi) is 7.51. The highest BCUT2D eigenvalue weighted by atomic mass is 16.5.